The standard InChI is InChI=1S/C13H21F3N4S/c1-3-17-10(2)11-8-21-12(18-11)20-6-4-19(5-7-20)9-13(14,15)16/h8,10,17H,3-7,9H2,1-2H3. The van der Waals surface area contributed by atoms with Gasteiger partial charge in [-0.15, -0.1) is 11.3 Å². The summed E-state index contributed by atoms with van der Waals surface area (Å²) in [5, 5.41) is 6.23. The minimum atomic E-state index is -4.11. The average Bonchev–Trinajstić information content (AvgIpc) is 2.87. The van der Waals surface area contributed by atoms with Crippen molar-refractivity contribution in [1.29, 1.82) is 0 Å². The summed E-state index contributed by atoms with van der Waals surface area (Å²) < 4.78 is 37.1. The van der Waals surface area contributed by atoms with Crippen LogP contribution >= 0.6 is 11.3 Å². The molecule has 1 aliphatic rings. The summed E-state index contributed by atoms with van der Waals surface area (Å²) in [6.45, 7) is 6.21. The Hall–Kier alpha value is -0.860. The van der Waals surface area contributed by atoms with E-state index in [1.807, 2.05) is 12.3 Å². The van der Waals surface area contributed by atoms with Gasteiger partial charge in [-0.25, -0.2) is 4.98 Å². The third-order valence-electron chi connectivity index (χ3n) is 3.51. The van der Waals surface area contributed by atoms with Crippen molar-refractivity contribution in [2.75, 3.05) is 44.2 Å². The Bertz CT molecular complexity index is 441. The topological polar surface area (TPSA) is 31.4 Å². The van der Waals surface area contributed by atoms with Gasteiger partial charge in [0, 0.05) is 37.6 Å². The third-order valence-corrected chi connectivity index (χ3v) is 4.43. The van der Waals surface area contributed by atoms with E-state index in [-0.39, 0.29) is 6.04 Å². The largest absolute Gasteiger partial charge is 0.401 e. The lowest BCUT2D eigenvalue weighted by molar-refractivity contribution is -0.146. The molecule has 1 unspecified atom stereocenters. The van der Waals surface area contributed by atoms with Gasteiger partial charge in [-0.05, 0) is 13.5 Å². The van der Waals surface area contributed by atoms with Gasteiger partial charge in [0.25, 0.3) is 0 Å². The number of thiazole rings is 1. The molecule has 1 atom stereocenters. The summed E-state index contributed by atoms with van der Waals surface area (Å²) in [7, 11) is 0. The molecule has 1 aromatic rings. The van der Waals surface area contributed by atoms with Gasteiger partial charge in [-0.2, -0.15) is 13.2 Å². The molecule has 1 aliphatic heterocycles. The van der Waals surface area contributed by atoms with Crippen LogP contribution in [0.4, 0.5) is 18.3 Å². The molecule has 120 valence electrons. The van der Waals surface area contributed by atoms with Gasteiger partial charge in [-0.1, -0.05) is 6.92 Å². The molecule has 0 radical (unpaired) electrons. The lowest BCUT2D eigenvalue weighted by atomic mass is 10.2. The van der Waals surface area contributed by atoms with Gasteiger partial charge in [-0.3, -0.25) is 4.90 Å². The predicted octanol–water partition coefficient (Wildman–Crippen LogP) is 2.50. The molecule has 8 heteroatoms. The third kappa shape index (κ3) is 4.82. The fourth-order valence-corrected chi connectivity index (χ4v) is 3.35. The number of hydrogen-bond acceptors (Lipinski definition) is 5. The van der Waals surface area contributed by atoms with Crippen molar-refractivity contribution in [2.24, 2.45) is 0 Å². The van der Waals surface area contributed by atoms with E-state index in [9.17, 15) is 13.2 Å². The maximum atomic E-state index is 12.4. The van der Waals surface area contributed by atoms with E-state index < -0.39 is 12.7 Å². The molecule has 0 amide bonds. The Morgan fingerprint density at radius 1 is 1.33 bits per heavy atom. The molecule has 2 rings (SSSR count). The van der Waals surface area contributed by atoms with E-state index in [0.29, 0.717) is 26.2 Å². The minimum absolute atomic E-state index is 0.200. The first-order chi connectivity index (χ1) is 9.89. The number of rotatable bonds is 5. The smallest absolute Gasteiger partial charge is 0.346 e. The number of nitrogens with zero attached hydrogens (tertiary/aromatic N) is 3. The van der Waals surface area contributed by atoms with Crippen LogP contribution in [0.2, 0.25) is 0 Å². The number of nitrogens with one attached hydrogen (secondary N) is 1. The van der Waals surface area contributed by atoms with E-state index in [0.717, 1.165) is 17.4 Å². The number of hydrogen-bond donors (Lipinski definition) is 1. The molecule has 1 fully saturated rings. The van der Waals surface area contributed by atoms with Gasteiger partial charge in [0.2, 0.25) is 0 Å². The molecule has 0 spiro atoms. The molecular weight excluding hydrogens is 301 g/mol. The molecule has 4 nitrogen and oxygen atoms in total. The lowest BCUT2D eigenvalue weighted by Crippen LogP contribution is -2.49. The molecule has 21 heavy (non-hydrogen) atoms. The molecule has 1 N–H and O–H groups in total. The molecule has 2 heterocycles. The number of halogens is 3. The first-order valence-electron chi connectivity index (χ1n) is 7.12. The number of aromatic nitrogens is 1. The number of alkyl halides is 3. The lowest BCUT2D eigenvalue weighted by Gasteiger charge is -2.34. The normalized spacial score (nSPS) is 19.0. The predicted molar refractivity (Wildman–Crippen MR) is 78.9 cm³/mol. The van der Waals surface area contributed by atoms with Crippen LogP contribution in [0.25, 0.3) is 0 Å². The fourth-order valence-electron chi connectivity index (χ4n) is 2.38. The van der Waals surface area contributed by atoms with E-state index in [2.05, 4.69) is 22.1 Å². The summed E-state index contributed by atoms with van der Waals surface area (Å²) in [6, 6.07) is 0.200. The Morgan fingerprint density at radius 2 is 2.00 bits per heavy atom. The zero-order valence-electron chi connectivity index (χ0n) is 12.3. The summed E-state index contributed by atoms with van der Waals surface area (Å²) in [5.74, 6) is 0. The van der Waals surface area contributed by atoms with Gasteiger partial charge >= 0.3 is 6.18 Å². The highest BCUT2D eigenvalue weighted by Gasteiger charge is 2.32. The second kappa shape index (κ2) is 6.93. The van der Waals surface area contributed by atoms with Crippen LogP contribution in [-0.2, 0) is 0 Å². The van der Waals surface area contributed by atoms with Crippen molar-refractivity contribution in [1.82, 2.24) is 15.2 Å². The Morgan fingerprint density at radius 3 is 2.57 bits per heavy atom. The van der Waals surface area contributed by atoms with Crippen LogP contribution in [0.15, 0.2) is 5.38 Å². The van der Waals surface area contributed by atoms with Gasteiger partial charge in [0.15, 0.2) is 5.13 Å². The summed E-state index contributed by atoms with van der Waals surface area (Å²) in [6.07, 6.45) is -4.11. The van der Waals surface area contributed by atoms with Crippen LogP contribution in [0.5, 0.6) is 0 Å². The molecule has 0 saturated carbocycles. The second-order valence-electron chi connectivity index (χ2n) is 5.21. The van der Waals surface area contributed by atoms with E-state index in [1.165, 1.54) is 4.90 Å². The van der Waals surface area contributed by atoms with Crippen LogP contribution in [0, 0.1) is 0 Å². The fraction of sp³-hybridized carbons (Fsp3) is 0.769. The maximum Gasteiger partial charge on any atom is 0.401 e. The van der Waals surface area contributed by atoms with Gasteiger partial charge in [0.1, 0.15) is 0 Å². The monoisotopic (exact) mass is 322 g/mol. The van der Waals surface area contributed by atoms with Crippen LogP contribution in [0.1, 0.15) is 25.6 Å². The second-order valence-corrected chi connectivity index (χ2v) is 6.05. The highest BCUT2D eigenvalue weighted by atomic mass is 32.1. The van der Waals surface area contributed by atoms with E-state index >= 15 is 0 Å². The minimum Gasteiger partial charge on any atom is -0.346 e. The Labute approximate surface area is 127 Å². The van der Waals surface area contributed by atoms with Crippen molar-refractivity contribution in [3.8, 4) is 0 Å². The molecule has 0 bridgehead atoms. The van der Waals surface area contributed by atoms with Crippen molar-refractivity contribution in [3.05, 3.63) is 11.1 Å². The van der Waals surface area contributed by atoms with E-state index in [1.54, 1.807) is 11.3 Å². The number of piperazine rings is 1. The number of anilines is 1. The van der Waals surface area contributed by atoms with Gasteiger partial charge in [0.05, 0.1) is 12.2 Å². The van der Waals surface area contributed by atoms with Crippen molar-refractivity contribution >= 4 is 16.5 Å². The Kier molecular flexibility index (Phi) is 5.45. The summed E-state index contributed by atoms with van der Waals surface area (Å²) in [4.78, 5) is 8.11. The van der Waals surface area contributed by atoms with Crippen molar-refractivity contribution in [2.45, 2.75) is 26.1 Å². The highest BCUT2D eigenvalue weighted by molar-refractivity contribution is 7.13. The summed E-state index contributed by atoms with van der Waals surface area (Å²) >= 11 is 1.56. The van der Waals surface area contributed by atoms with Crippen LogP contribution in [0.3, 0.4) is 0 Å². The van der Waals surface area contributed by atoms with Crippen LogP contribution in [-0.4, -0.2) is 55.3 Å². The molecule has 0 aliphatic carbocycles. The zero-order valence-corrected chi connectivity index (χ0v) is 13.1. The average molecular weight is 322 g/mol. The molecule has 1 aromatic heterocycles. The maximum absolute atomic E-state index is 12.4. The first kappa shape index (κ1) is 16.5. The van der Waals surface area contributed by atoms with Crippen molar-refractivity contribution < 1.29 is 13.2 Å². The highest BCUT2D eigenvalue weighted by Crippen LogP contribution is 2.25. The SMILES string of the molecule is CCNC(C)c1csc(N2CCN(CC(F)(F)F)CC2)n1. The van der Waals surface area contributed by atoms with Crippen LogP contribution < -0.4 is 10.2 Å². The molecule has 1 saturated heterocycles. The van der Waals surface area contributed by atoms with Crippen molar-refractivity contribution in [3.63, 3.8) is 0 Å². The molecular formula is C13H21F3N4S. The zero-order chi connectivity index (χ0) is 15.5. The first-order valence-corrected chi connectivity index (χ1v) is 8.00. The van der Waals surface area contributed by atoms with E-state index in [4.69, 9.17) is 0 Å². The Balaban J connectivity index is 1.88. The quantitative estimate of drug-likeness (QED) is 0.902. The molecule has 0 aromatic carbocycles. The van der Waals surface area contributed by atoms with Gasteiger partial charge < -0.3 is 10.2 Å². The summed E-state index contributed by atoms with van der Waals surface area (Å²) in [5.41, 5.74) is 0.995.